The topological polar surface area (TPSA) is 69.6 Å². The highest BCUT2D eigenvalue weighted by atomic mass is 16.4. The van der Waals surface area contributed by atoms with Gasteiger partial charge in [-0.1, -0.05) is 13.8 Å². The third-order valence-electron chi connectivity index (χ3n) is 4.53. The summed E-state index contributed by atoms with van der Waals surface area (Å²) in [6, 6.07) is -0.103. The molecule has 102 valence electrons. The molecule has 0 aromatic rings. The van der Waals surface area contributed by atoms with Crippen molar-refractivity contribution in [3.05, 3.63) is 0 Å². The fraction of sp³-hybridized carbons (Fsp3) is 0.846. The van der Waals surface area contributed by atoms with Gasteiger partial charge in [-0.3, -0.25) is 4.79 Å². The molecule has 0 unspecified atom stereocenters. The van der Waals surface area contributed by atoms with Crippen molar-refractivity contribution in [1.29, 1.82) is 0 Å². The van der Waals surface area contributed by atoms with E-state index in [9.17, 15) is 9.59 Å². The molecule has 18 heavy (non-hydrogen) atoms. The average Bonchev–Trinajstić information content (AvgIpc) is 2.34. The van der Waals surface area contributed by atoms with Crippen LogP contribution in [0.3, 0.4) is 0 Å². The number of carboxylic acid groups (broad SMARTS) is 1. The maximum atomic E-state index is 12.4. The number of likely N-dealkylation sites (tertiary alicyclic amines) is 1. The van der Waals surface area contributed by atoms with Gasteiger partial charge in [-0.05, 0) is 31.1 Å². The van der Waals surface area contributed by atoms with Crippen LogP contribution in [-0.2, 0) is 4.79 Å². The van der Waals surface area contributed by atoms with Gasteiger partial charge < -0.3 is 15.3 Å². The molecule has 2 amide bonds. The Morgan fingerprint density at radius 1 is 1.22 bits per heavy atom. The Hall–Kier alpha value is -1.26. The van der Waals surface area contributed by atoms with E-state index < -0.39 is 6.09 Å². The smallest absolute Gasteiger partial charge is 0.404 e. The Morgan fingerprint density at radius 3 is 2.33 bits per heavy atom. The highest BCUT2D eigenvalue weighted by Gasteiger charge is 2.53. The van der Waals surface area contributed by atoms with Crippen LogP contribution in [0.25, 0.3) is 0 Å². The quantitative estimate of drug-likeness (QED) is 0.787. The normalized spacial score (nSPS) is 30.4. The highest BCUT2D eigenvalue weighted by molar-refractivity contribution is 5.81. The van der Waals surface area contributed by atoms with Crippen LogP contribution in [-0.4, -0.2) is 41.1 Å². The number of hydrogen-bond acceptors (Lipinski definition) is 2. The molecule has 0 aromatic carbocycles. The molecule has 5 heteroatoms. The first kappa shape index (κ1) is 13.2. The van der Waals surface area contributed by atoms with Gasteiger partial charge in [-0.15, -0.1) is 0 Å². The first-order valence-corrected chi connectivity index (χ1v) is 6.71. The maximum absolute atomic E-state index is 12.4. The second-order valence-corrected chi connectivity index (χ2v) is 6.00. The number of rotatable bonds is 2. The van der Waals surface area contributed by atoms with E-state index in [0.717, 1.165) is 25.9 Å². The summed E-state index contributed by atoms with van der Waals surface area (Å²) in [4.78, 5) is 25.0. The molecular weight excluding hydrogens is 232 g/mol. The predicted octanol–water partition coefficient (Wildman–Crippen LogP) is 1.68. The second-order valence-electron chi connectivity index (χ2n) is 6.00. The molecular formula is C13H22N2O3. The van der Waals surface area contributed by atoms with Crippen molar-refractivity contribution in [2.75, 3.05) is 13.1 Å². The summed E-state index contributed by atoms with van der Waals surface area (Å²) in [6.45, 7) is 5.68. The minimum absolute atomic E-state index is 0.0348. The lowest BCUT2D eigenvalue weighted by Gasteiger charge is -2.52. The zero-order chi connectivity index (χ0) is 13.3. The van der Waals surface area contributed by atoms with Crippen LogP contribution in [0, 0.1) is 11.3 Å². The van der Waals surface area contributed by atoms with Gasteiger partial charge in [0.15, 0.2) is 0 Å². The molecule has 2 atom stereocenters. The summed E-state index contributed by atoms with van der Waals surface area (Å²) >= 11 is 0. The van der Waals surface area contributed by atoms with Crippen molar-refractivity contribution < 1.29 is 14.7 Å². The van der Waals surface area contributed by atoms with E-state index in [0.29, 0.717) is 6.42 Å². The summed E-state index contributed by atoms with van der Waals surface area (Å²) in [5.74, 6) is 0.176. The molecule has 2 aliphatic rings. The number of amides is 2. The van der Waals surface area contributed by atoms with E-state index in [1.807, 2.05) is 18.7 Å². The third-order valence-corrected chi connectivity index (χ3v) is 4.53. The van der Waals surface area contributed by atoms with Gasteiger partial charge in [0.25, 0.3) is 0 Å². The van der Waals surface area contributed by atoms with Gasteiger partial charge >= 0.3 is 6.09 Å². The van der Waals surface area contributed by atoms with Crippen molar-refractivity contribution in [3.63, 3.8) is 0 Å². The van der Waals surface area contributed by atoms with Crippen molar-refractivity contribution in [1.82, 2.24) is 10.2 Å². The number of hydrogen-bond donors (Lipinski definition) is 2. The fourth-order valence-corrected chi connectivity index (χ4v) is 3.07. The molecule has 2 fully saturated rings. The number of carbonyl (C=O) groups is 2. The maximum Gasteiger partial charge on any atom is 0.404 e. The average molecular weight is 254 g/mol. The molecule has 2 rings (SSSR count). The van der Waals surface area contributed by atoms with E-state index in [1.165, 1.54) is 6.42 Å². The monoisotopic (exact) mass is 254 g/mol. The molecule has 2 N–H and O–H groups in total. The molecule has 0 spiro atoms. The molecule has 1 saturated heterocycles. The minimum atomic E-state index is -1.00. The highest BCUT2D eigenvalue weighted by Crippen LogP contribution is 2.47. The van der Waals surface area contributed by atoms with Gasteiger partial charge in [0, 0.05) is 25.0 Å². The van der Waals surface area contributed by atoms with Gasteiger partial charge in [0.05, 0.1) is 0 Å². The van der Waals surface area contributed by atoms with Crippen LogP contribution in [0.5, 0.6) is 0 Å². The molecule has 1 aliphatic carbocycles. The van der Waals surface area contributed by atoms with Crippen LogP contribution in [0.2, 0.25) is 0 Å². The van der Waals surface area contributed by atoms with E-state index in [-0.39, 0.29) is 23.3 Å². The SMILES string of the molecule is CC1(C)[C@@H](NC(=O)O)C[C@H]1C(=O)N1CCCCC1. The fourth-order valence-electron chi connectivity index (χ4n) is 3.07. The Labute approximate surface area is 108 Å². The van der Waals surface area contributed by atoms with Gasteiger partial charge in [-0.2, -0.15) is 0 Å². The zero-order valence-electron chi connectivity index (χ0n) is 11.1. The standard InChI is InChI=1S/C13H22N2O3/c1-13(2)9(8-10(13)14-12(17)18)11(16)15-6-4-3-5-7-15/h9-10,14H,3-8H2,1-2H3,(H,17,18)/t9-,10-/m0/s1. The van der Waals surface area contributed by atoms with Crippen molar-refractivity contribution >= 4 is 12.0 Å². The molecule has 1 aliphatic heterocycles. The molecule has 1 heterocycles. The van der Waals surface area contributed by atoms with E-state index in [4.69, 9.17) is 5.11 Å². The summed E-state index contributed by atoms with van der Waals surface area (Å²) in [6.07, 6.45) is 3.03. The lowest BCUT2D eigenvalue weighted by molar-refractivity contribution is -0.149. The Morgan fingerprint density at radius 2 is 1.83 bits per heavy atom. The number of piperidine rings is 1. The van der Waals surface area contributed by atoms with Crippen LogP contribution in [0.15, 0.2) is 0 Å². The summed E-state index contributed by atoms with van der Waals surface area (Å²) in [5.41, 5.74) is -0.271. The van der Waals surface area contributed by atoms with Gasteiger partial charge in [0.1, 0.15) is 0 Å². The Kier molecular flexibility index (Phi) is 3.50. The third kappa shape index (κ3) is 2.31. The summed E-state index contributed by atoms with van der Waals surface area (Å²) < 4.78 is 0. The Bertz CT molecular complexity index is 348. The van der Waals surface area contributed by atoms with E-state index in [2.05, 4.69) is 5.32 Å². The second kappa shape index (κ2) is 4.78. The molecule has 0 bridgehead atoms. The van der Waals surface area contributed by atoms with Crippen LogP contribution in [0.4, 0.5) is 4.79 Å². The Balaban J connectivity index is 1.94. The molecule has 0 aromatic heterocycles. The molecule has 5 nitrogen and oxygen atoms in total. The molecule has 0 radical (unpaired) electrons. The first-order chi connectivity index (χ1) is 8.43. The zero-order valence-corrected chi connectivity index (χ0v) is 11.1. The van der Waals surface area contributed by atoms with E-state index in [1.54, 1.807) is 0 Å². The van der Waals surface area contributed by atoms with E-state index >= 15 is 0 Å². The predicted molar refractivity (Wildman–Crippen MR) is 67.3 cm³/mol. The van der Waals surface area contributed by atoms with Crippen molar-refractivity contribution in [2.24, 2.45) is 11.3 Å². The number of nitrogens with zero attached hydrogens (tertiary/aromatic N) is 1. The van der Waals surface area contributed by atoms with Gasteiger partial charge in [0.2, 0.25) is 5.91 Å². The largest absolute Gasteiger partial charge is 0.465 e. The minimum Gasteiger partial charge on any atom is -0.465 e. The first-order valence-electron chi connectivity index (χ1n) is 6.71. The lowest BCUT2D eigenvalue weighted by Crippen LogP contribution is -2.62. The van der Waals surface area contributed by atoms with Crippen molar-refractivity contribution in [2.45, 2.75) is 45.6 Å². The summed E-state index contributed by atoms with van der Waals surface area (Å²) in [5, 5.41) is 11.3. The van der Waals surface area contributed by atoms with Gasteiger partial charge in [-0.25, -0.2) is 4.79 Å². The van der Waals surface area contributed by atoms with Crippen molar-refractivity contribution in [3.8, 4) is 0 Å². The molecule has 1 saturated carbocycles. The van der Waals surface area contributed by atoms with Crippen LogP contribution >= 0.6 is 0 Å². The number of nitrogens with one attached hydrogen (secondary N) is 1. The van der Waals surface area contributed by atoms with Crippen LogP contribution < -0.4 is 5.32 Å². The number of carbonyl (C=O) groups excluding carboxylic acids is 1. The van der Waals surface area contributed by atoms with Crippen LogP contribution in [0.1, 0.15) is 39.5 Å². The lowest BCUT2D eigenvalue weighted by atomic mass is 9.58. The summed E-state index contributed by atoms with van der Waals surface area (Å²) in [7, 11) is 0.